The number of amides is 1. The molecule has 2 aromatic rings. The zero-order chi connectivity index (χ0) is 21.2. The predicted octanol–water partition coefficient (Wildman–Crippen LogP) is 2.49. The quantitative estimate of drug-likeness (QED) is 0.778. The van der Waals surface area contributed by atoms with E-state index in [2.05, 4.69) is 32.7 Å². The number of carboxylic acids is 1. The number of rotatable bonds is 4. The van der Waals surface area contributed by atoms with E-state index in [9.17, 15) is 18.0 Å². The molecule has 11 heteroatoms. The lowest BCUT2D eigenvalue weighted by atomic mass is 9.97. The second-order valence-electron chi connectivity index (χ2n) is 7.07. The second kappa shape index (κ2) is 8.54. The summed E-state index contributed by atoms with van der Waals surface area (Å²) in [5, 5.41) is 12.4. The van der Waals surface area contributed by atoms with Crippen molar-refractivity contribution in [2.45, 2.75) is 44.1 Å². The number of hydrogen-bond acceptors (Lipinski definition) is 5. The molecular weight excluding hydrogens is 409 g/mol. The number of fused-ring (bicyclic) bond motifs is 1. The molecule has 1 unspecified atom stereocenters. The second-order valence-corrected chi connectivity index (χ2v) is 8.11. The van der Waals surface area contributed by atoms with E-state index in [1.165, 1.54) is 4.88 Å². The van der Waals surface area contributed by atoms with E-state index in [0.717, 1.165) is 43.9 Å². The minimum Gasteiger partial charge on any atom is -0.475 e. The first-order chi connectivity index (χ1) is 13.6. The summed E-state index contributed by atoms with van der Waals surface area (Å²) in [6.45, 7) is 2.48. The Kier molecular flexibility index (Phi) is 6.27. The summed E-state index contributed by atoms with van der Waals surface area (Å²) in [4.78, 5) is 29.7. The summed E-state index contributed by atoms with van der Waals surface area (Å²) >= 11 is 1.77. The Labute approximate surface area is 169 Å². The Balaban J connectivity index is 0.000000298. The van der Waals surface area contributed by atoms with Gasteiger partial charge >= 0.3 is 12.1 Å². The summed E-state index contributed by atoms with van der Waals surface area (Å²) in [6, 6.07) is 4.63. The summed E-state index contributed by atoms with van der Waals surface area (Å²) in [7, 11) is 1.98. The third kappa shape index (κ3) is 5.57. The van der Waals surface area contributed by atoms with Crippen LogP contribution in [0.4, 0.5) is 13.2 Å². The third-order valence-electron chi connectivity index (χ3n) is 4.65. The zero-order valence-corrected chi connectivity index (χ0v) is 16.5. The van der Waals surface area contributed by atoms with Crippen LogP contribution in [0, 0.1) is 0 Å². The predicted molar refractivity (Wildman–Crippen MR) is 99.2 cm³/mol. The van der Waals surface area contributed by atoms with E-state index in [4.69, 9.17) is 9.90 Å². The molecule has 0 saturated heterocycles. The molecule has 0 aromatic carbocycles. The van der Waals surface area contributed by atoms with Gasteiger partial charge in [-0.15, -0.1) is 11.3 Å². The lowest BCUT2D eigenvalue weighted by molar-refractivity contribution is -0.192. The van der Waals surface area contributed by atoms with Gasteiger partial charge in [-0.3, -0.25) is 9.69 Å². The van der Waals surface area contributed by atoms with Crippen molar-refractivity contribution in [3.63, 3.8) is 0 Å². The van der Waals surface area contributed by atoms with Crippen molar-refractivity contribution >= 4 is 23.2 Å². The molecule has 2 aromatic heterocycles. The number of aromatic nitrogens is 2. The standard InChI is InChI=1S/C16H20N4OS.C2HF3O2/c1-19-10-17-14-9-20(7-12-3-2-6-22-12)8-13(15(14)19)16(21)18-11-4-5-11;3-2(4,5)1(6)7/h2-3,6,10-11,13H,4-5,7-9H2,1H3,(H,18,21);(H,6,7). The maximum Gasteiger partial charge on any atom is 0.490 e. The highest BCUT2D eigenvalue weighted by Crippen LogP contribution is 2.30. The Morgan fingerprint density at radius 3 is 2.62 bits per heavy atom. The van der Waals surface area contributed by atoms with E-state index in [0.29, 0.717) is 6.04 Å². The summed E-state index contributed by atoms with van der Waals surface area (Å²) in [5.41, 5.74) is 2.13. The molecule has 7 nitrogen and oxygen atoms in total. The molecule has 3 heterocycles. The number of hydrogen-bond donors (Lipinski definition) is 2. The highest BCUT2D eigenvalue weighted by Gasteiger charge is 2.38. The van der Waals surface area contributed by atoms with Gasteiger partial charge in [-0.25, -0.2) is 9.78 Å². The fourth-order valence-corrected chi connectivity index (χ4v) is 3.90. The van der Waals surface area contributed by atoms with Crippen LogP contribution in [-0.4, -0.2) is 50.2 Å². The van der Waals surface area contributed by atoms with Crippen molar-refractivity contribution in [1.82, 2.24) is 19.8 Å². The number of aryl methyl sites for hydroxylation is 1. The number of thiophene rings is 1. The van der Waals surface area contributed by atoms with Crippen molar-refractivity contribution in [2.24, 2.45) is 7.05 Å². The van der Waals surface area contributed by atoms with Crippen LogP contribution in [0.1, 0.15) is 35.0 Å². The van der Waals surface area contributed by atoms with Crippen molar-refractivity contribution in [3.8, 4) is 0 Å². The van der Waals surface area contributed by atoms with E-state index in [1.54, 1.807) is 11.3 Å². The molecule has 0 spiro atoms. The van der Waals surface area contributed by atoms with E-state index in [-0.39, 0.29) is 11.8 Å². The SMILES string of the molecule is Cn1cnc2c1C(C(=O)NC1CC1)CN(Cc1cccs1)C2.O=C(O)C(F)(F)F. The molecule has 1 saturated carbocycles. The molecule has 1 atom stereocenters. The van der Waals surface area contributed by atoms with Crippen LogP contribution in [0.2, 0.25) is 0 Å². The van der Waals surface area contributed by atoms with Crippen LogP contribution in [0.25, 0.3) is 0 Å². The van der Waals surface area contributed by atoms with Gasteiger partial charge in [0, 0.05) is 37.6 Å². The van der Waals surface area contributed by atoms with Gasteiger partial charge in [-0.1, -0.05) is 6.07 Å². The van der Waals surface area contributed by atoms with Gasteiger partial charge in [0.1, 0.15) is 0 Å². The van der Waals surface area contributed by atoms with Gasteiger partial charge in [0.05, 0.1) is 23.6 Å². The number of carbonyl (C=O) groups is 2. The van der Waals surface area contributed by atoms with Crippen LogP contribution in [0.5, 0.6) is 0 Å². The topological polar surface area (TPSA) is 87.5 Å². The smallest absolute Gasteiger partial charge is 0.475 e. The molecule has 0 radical (unpaired) electrons. The number of nitrogens with zero attached hydrogens (tertiary/aromatic N) is 3. The lowest BCUT2D eigenvalue weighted by Crippen LogP contribution is -2.42. The van der Waals surface area contributed by atoms with Crippen LogP contribution in [0.15, 0.2) is 23.8 Å². The minimum absolute atomic E-state index is 0.114. The van der Waals surface area contributed by atoms with Crippen LogP contribution < -0.4 is 5.32 Å². The van der Waals surface area contributed by atoms with Crippen molar-refractivity contribution < 1.29 is 27.9 Å². The number of imidazole rings is 1. The van der Waals surface area contributed by atoms with Crippen molar-refractivity contribution in [2.75, 3.05) is 6.54 Å². The molecule has 0 bridgehead atoms. The number of carbonyl (C=O) groups excluding carboxylic acids is 1. The maximum atomic E-state index is 12.6. The summed E-state index contributed by atoms with van der Waals surface area (Å²) in [5.74, 6) is -2.72. The summed E-state index contributed by atoms with van der Waals surface area (Å²) < 4.78 is 33.7. The minimum atomic E-state index is -5.08. The van der Waals surface area contributed by atoms with Gasteiger partial charge in [0.15, 0.2) is 0 Å². The van der Waals surface area contributed by atoms with Crippen LogP contribution in [0.3, 0.4) is 0 Å². The molecule has 1 aliphatic heterocycles. The van der Waals surface area contributed by atoms with Crippen molar-refractivity contribution in [3.05, 3.63) is 40.1 Å². The number of aliphatic carboxylic acids is 1. The fraction of sp³-hybridized carbons (Fsp3) is 0.500. The summed E-state index contributed by atoms with van der Waals surface area (Å²) in [6.07, 6.45) is -1.01. The van der Waals surface area contributed by atoms with Crippen LogP contribution >= 0.6 is 11.3 Å². The van der Waals surface area contributed by atoms with Crippen LogP contribution in [-0.2, 0) is 29.7 Å². The fourth-order valence-electron chi connectivity index (χ4n) is 3.16. The third-order valence-corrected chi connectivity index (χ3v) is 5.51. The molecular formula is C18H21F3N4O3S. The number of carboxylic acid groups (broad SMARTS) is 1. The first kappa shape index (κ1) is 21.3. The number of alkyl halides is 3. The average Bonchev–Trinajstić information content (AvgIpc) is 3.16. The largest absolute Gasteiger partial charge is 0.490 e. The monoisotopic (exact) mass is 430 g/mol. The maximum absolute atomic E-state index is 12.6. The molecule has 29 heavy (non-hydrogen) atoms. The molecule has 1 aliphatic carbocycles. The molecule has 2 N–H and O–H groups in total. The lowest BCUT2D eigenvalue weighted by Gasteiger charge is -2.32. The highest BCUT2D eigenvalue weighted by molar-refractivity contribution is 7.09. The molecule has 1 amide bonds. The normalized spacial score (nSPS) is 19.1. The van der Waals surface area contributed by atoms with Gasteiger partial charge < -0.3 is 15.0 Å². The number of halogens is 3. The molecule has 2 aliphatic rings. The molecule has 4 rings (SSSR count). The first-order valence-electron chi connectivity index (χ1n) is 9.00. The average molecular weight is 430 g/mol. The Morgan fingerprint density at radius 1 is 1.38 bits per heavy atom. The Morgan fingerprint density at radius 2 is 2.07 bits per heavy atom. The van der Waals surface area contributed by atoms with Gasteiger partial charge in [0.25, 0.3) is 0 Å². The van der Waals surface area contributed by atoms with Gasteiger partial charge in [-0.2, -0.15) is 13.2 Å². The van der Waals surface area contributed by atoms with Crippen molar-refractivity contribution in [1.29, 1.82) is 0 Å². The Bertz CT molecular complexity index is 862. The van der Waals surface area contributed by atoms with Gasteiger partial charge in [0.2, 0.25) is 5.91 Å². The van der Waals surface area contributed by atoms with E-state index in [1.807, 2.05) is 17.9 Å². The number of nitrogens with one attached hydrogen (secondary N) is 1. The molecule has 158 valence electrons. The first-order valence-corrected chi connectivity index (χ1v) is 9.88. The van der Waals surface area contributed by atoms with E-state index < -0.39 is 12.1 Å². The Hall–Kier alpha value is -2.40. The zero-order valence-electron chi connectivity index (χ0n) is 15.6. The van der Waals surface area contributed by atoms with E-state index >= 15 is 0 Å². The van der Waals surface area contributed by atoms with Gasteiger partial charge in [-0.05, 0) is 24.3 Å². The molecule has 1 fully saturated rings. The highest BCUT2D eigenvalue weighted by atomic mass is 32.1.